The Balaban J connectivity index is 2.06. The van der Waals surface area contributed by atoms with Crippen molar-refractivity contribution in [3.8, 4) is 11.4 Å². The molecule has 0 fully saturated rings. The average Bonchev–Trinajstić information content (AvgIpc) is 2.98. The van der Waals surface area contributed by atoms with E-state index in [4.69, 9.17) is 5.14 Å². The number of rotatable bonds is 2. The van der Waals surface area contributed by atoms with Gasteiger partial charge in [0.1, 0.15) is 0 Å². The van der Waals surface area contributed by atoms with E-state index in [1.54, 1.807) is 10.6 Å². The normalized spacial score (nSPS) is 12.1. The first-order valence-electron chi connectivity index (χ1n) is 7.61. The summed E-state index contributed by atoms with van der Waals surface area (Å²) in [6.45, 7) is 3.79. The molecular formula is C17H15N5O2S. The molecule has 0 radical (unpaired) electrons. The lowest BCUT2D eigenvalue weighted by Crippen LogP contribution is -2.12. The summed E-state index contributed by atoms with van der Waals surface area (Å²) in [7, 11) is -3.81. The molecular weight excluding hydrogens is 338 g/mol. The molecule has 8 heteroatoms. The van der Waals surface area contributed by atoms with Crippen LogP contribution in [0.15, 0.2) is 47.4 Å². The van der Waals surface area contributed by atoms with Crippen molar-refractivity contribution in [2.75, 3.05) is 0 Å². The number of sulfonamides is 1. The van der Waals surface area contributed by atoms with Crippen molar-refractivity contribution in [3.63, 3.8) is 0 Å². The highest BCUT2D eigenvalue weighted by molar-refractivity contribution is 7.89. The average molecular weight is 353 g/mol. The van der Waals surface area contributed by atoms with Gasteiger partial charge < -0.3 is 0 Å². The molecule has 126 valence electrons. The van der Waals surface area contributed by atoms with Crippen molar-refractivity contribution in [3.05, 3.63) is 53.7 Å². The molecule has 4 rings (SSSR count). The molecule has 0 aliphatic rings. The summed E-state index contributed by atoms with van der Waals surface area (Å²) in [6.07, 6.45) is 0. The minimum absolute atomic E-state index is 0.0300. The van der Waals surface area contributed by atoms with Crippen LogP contribution in [0.4, 0.5) is 0 Å². The minimum Gasteiger partial charge on any atom is -0.225 e. The number of primary sulfonamides is 1. The lowest BCUT2D eigenvalue weighted by Gasteiger charge is -2.08. The number of aromatic nitrogens is 4. The van der Waals surface area contributed by atoms with E-state index in [1.807, 2.05) is 38.1 Å². The Morgan fingerprint density at radius 1 is 1.00 bits per heavy atom. The van der Waals surface area contributed by atoms with Crippen LogP contribution in [0.25, 0.3) is 27.8 Å². The number of nitrogens with two attached hydrogens (primary N) is 1. The zero-order chi connectivity index (χ0) is 17.8. The van der Waals surface area contributed by atoms with E-state index >= 15 is 0 Å². The van der Waals surface area contributed by atoms with Crippen LogP contribution >= 0.6 is 0 Å². The summed E-state index contributed by atoms with van der Waals surface area (Å²) in [5.41, 5.74) is 2.94. The van der Waals surface area contributed by atoms with E-state index < -0.39 is 10.0 Å². The highest BCUT2D eigenvalue weighted by Crippen LogP contribution is 2.27. The molecule has 0 amide bonds. The van der Waals surface area contributed by atoms with Gasteiger partial charge in [0.05, 0.1) is 10.6 Å². The van der Waals surface area contributed by atoms with Crippen LogP contribution in [-0.4, -0.2) is 28.2 Å². The topological polar surface area (TPSA) is 103 Å². The standard InChI is InChI=1S/C17H15N5O2S/c1-10-7-8-12(25(18,23)24)9-15(10)17-20-19-16-14-6-4-3-5-13(14)11(2)21-22(16)17/h3-9H,1-2H3,(H2,18,23,24). The molecule has 2 aromatic carbocycles. The quantitative estimate of drug-likeness (QED) is 0.595. The van der Waals surface area contributed by atoms with Gasteiger partial charge in [-0.1, -0.05) is 30.3 Å². The maximum atomic E-state index is 11.7. The molecule has 0 aliphatic heterocycles. The smallest absolute Gasteiger partial charge is 0.225 e. The SMILES string of the molecule is Cc1ccc(S(N)(=O)=O)cc1-c1nnc2c3ccccc3c(C)nn12. The summed E-state index contributed by atoms with van der Waals surface area (Å²) >= 11 is 0. The molecule has 7 nitrogen and oxygen atoms in total. The first-order chi connectivity index (χ1) is 11.9. The highest BCUT2D eigenvalue weighted by atomic mass is 32.2. The van der Waals surface area contributed by atoms with Gasteiger partial charge in [-0.15, -0.1) is 10.2 Å². The number of fused-ring (bicyclic) bond motifs is 3. The Kier molecular flexibility index (Phi) is 3.34. The van der Waals surface area contributed by atoms with E-state index in [-0.39, 0.29) is 4.90 Å². The van der Waals surface area contributed by atoms with Crippen molar-refractivity contribution in [2.45, 2.75) is 18.7 Å². The number of nitrogens with zero attached hydrogens (tertiary/aromatic N) is 4. The van der Waals surface area contributed by atoms with Gasteiger partial charge in [-0.05, 0) is 31.5 Å². The molecule has 4 aromatic rings. The van der Waals surface area contributed by atoms with Crippen LogP contribution in [0.5, 0.6) is 0 Å². The van der Waals surface area contributed by atoms with Crippen molar-refractivity contribution >= 4 is 26.4 Å². The van der Waals surface area contributed by atoms with Crippen LogP contribution in [0, 0.1) is 13.8 Å². The van der Waals surface area contributed by atoms with Crippen molar-refractivity contribution in [2.24, 2.45) is 5.14 Å². The van der Waals surface area contributed by atoms with E-state index in [2.05, 4.69) is 15.3 Å². The fraction of sp³-hybridized carbons (Fsp3) is 0.118. The van der Waals surface area contributed by atoms with Crippen molar-refractivity contribution < 1.29 is 8.42 Å². The number of aryl methyl sites for hydroxylation is 2. The van der Waals surface area contributed by atoms with Crippen LogP contribution < -0.4 is 5.14 Å². The summed E-state index contributed by atoms with van der Waals surface area (Å²) in [4.78, 5) is 0.0300. The van der Waals surface area contributed by atoms with Crippen LogP contribution in [0.3, 0.4) is 0 Å². The highest BCUT2D eigenvalue weighted by Gasteiger charge is 2.17. The Labute approximate surface area is 144 Å². The molecule has 2 heterocycles. The van der Waals surface area contributed by atoms with E-state index in [1.165, 1.54) is 12.1 Å². The predicted molar refractivity (Wildman–Crippen MR) is 94.6 cm³/mol. The van der Waals surface area contributed by atoms with Crippen LogP contribution in [0.1, 0.15) is 11.3 Å². The van der Waals surface area contributed by atoms with Gasteiger partial charge in [-0.2, -0.15) is 9.61 Å². The molecule has 0 spiro atoms. The molecule has 0 saturated carbocycles. The molecule has 0 unspecified atom stereocenters. The summed E-state index contributed by atoms with van der Waals surface area (Å²) in [5, 5.41) is 20.3. The maximum Gasteiger partial charge on any atom is 0.238 e. The first-order valence-corrected chi connectivity index (χ1v) is 9.15. The third-order valence-electron chi connectivity index (χ3n) is 4.23. The summed E-state index contributed by atoms with van der Waals surface area (Å²) in [6, 6.07) is 12.5. The number of hydrogen-bond donors (Lipinski definition) is 1. The van der Waals surface area contributed by atoms with Gasteiger partial charge in [-0.3, -0.25) is 0 Å². The second kappa shape index (κ2) is 5.33. The second-order valence-corrected chi connectivity index (χ2v) is 7.47. The van der Waals surface area contributed by atoms with E-state index in [0.29, 0.717) is 17.0 Å². The molecule has 0 aliphatic carbocycles. The van der Waals surface area contributed by atoms with Crippen LogP contribution in [-0.2, 0) is 10.0 Å². The van der Waals surface area contributed by atoms with E-state index in [9.17, 15) is 8.42 Å². The predicted octanol–water partition coefficient (Wildman–Crippen LogP) is 2.21. The van der Waals surface area contributed by atoms with Gasteiger partial charge >= 0.3 is 0 Å². The fourth-order valence-corrected chi connectivity index (χ4v) is 3.47. The number of benzene rings is 2. The third kappa shape index (κ3) is 2.46. The van der Waals surface area contributed by atoms with Crippen LogP contribution in [0.2, 0.25) is 0 Å². The summed E-state index contributed by atoms with van der Waals surface area (Å²) in [5.74, 6) is 0.479. The molecule has 0 atom stereocenters. The van der Waals surface area contributed by atoms with Gasteiger partial charge in [0, 0.05) is 16.3 Å². The Morgan fingerprint density at radius 2 is 1.72 bits per heavy atom. The lowest BCUT2D eigenvalue weighted by molar-refractivity contribution is 0.598. The minimum atomic E-state index is -3.81. The largest absolute Gasteiger partial charge is 0.238 e. The molecule has 0 saturated heterocycles. The van der Waals surface area contributed by atoms with Crippen molar-refractivity contribution in [1.29, 1.82) is 0 Å². The molecule has 2 N–H and O–H groups in total. The lowest BCUT2D eigenvalue weighted by atomic mass is 10.1. The summed E-state index contributed by atoms with van der Waals surface area (Å²) < 4.78 is 25.0. The Bertz CT molecular complexity index is 1240. The van der Waals surface area contributed by atoms with Gasteiger partial charge in [-0.25, -0.2) is 13.6 Å². The molecule has 25 heavy (non-hydrogen) atoms. The Hall–Kier alpha value is -2.84. The van der Waals surface area contributed by atoms with Gasteiger partial charge in [0.25, 0.3) is 0 Å². The Morgan fingerprint density at radius 3 is 2.44 bits per heavy atom. The van der Waals surface area contributed by atoms with Gasteiger partial charge in [0.2, 0.25) is 10.0 Å². The monoisotopic (exact) mass is 353 g/mol. The zero-order valence-corrected chi connectivity index (χ0v) is 14.4. The molecule has 0 bridgehead atoms. The van der Waals surface area contributed by atoms with E-state index in [0.717, 1.165) is 22.0 Å². The third-order valence-corrected chi connectivity index (χ3v) is 5.14. The first kappa shape index (κ1) is 15.7. The second-order valence-electron chi connectivity index (χ2n) is 5.91. The van der Waals surface area contributed by atoms with Gasteiger partial charge in [0.15, 0.2) is 11.5 Å². The fourth-order valence-electron chi connectivity index (χ4n) is 2.93. The zero-order valence-electron chi connectivity index (χ0n) is 13.6. The maximum absolute atomic E-state index is 11.7. The number of hydrogen-bond acceptors (Lipinski definition) is 5. The molecule has 2 aromatic heterocycles. The van der Waals surface area contributed by atoms with Crippen molar-refractivity contribution in [1.82, 2.24) is 19.8 Å².